The molecule has 2 heterocycles. The van der Waals surface area contributed by atoms with Crippen molar-refractivity contribution in [3.63, 3.8) is 0 Å². The molecule has 0 unspecified atom stereocenters. The fourth-order valence-electron chi connectivity index (χ4n) is 3.49. The molecule has 2 aromatic carbocycles. The van der Waals surface area contributed by atoms with Crippen molar-refractivity contribution in [2.75, 3.05) is 7.11 Å². The summed E-state index contributed by atoms with van der Waals surface area (Å²) in [4.78, 5) is 12.0. The summed E-state index contributed by atoms with van der Waals surface area (Å²) in [7, 11) is 1.52. The van der Waals surface area contributed by atoms with E-state index in [-0.39, 0.29) is 16.0 Å². The van der Waals surface area contributed by atoms with Gasteiger partial charge in [-0.25, -0.2) is 4.79 Å². The molecular weight excluding hydrogens is 462 g/mol. The van der Waals surface area contributed by atoms with E-state index >= 15 is 0 Å². The molecule has 9 heteroatoms. The van der Waals surface area contributed by atoms with Gasteiger partial charge in [-0.05, 0) is 73.6 Å². The van der Waals surface area contributed by atoms with Crippen LogP contribution >= 0.6 is 23.4 Å². The molecule has 7 nitrogen and oxygen atoms in total. The average Bonchev–Trinajstić information content (AvgIpc) is 3.37. The van der Waals surface area contributed by atoms with E-state index in [1.807, 2.05) is 50.2 Å². The summed E-state index contributed by atoms with van der Waals surface area (Å²) >= 11 is 6.96. The summed E-state index contributed by atoms with van der Waals surface area (Å²) < 4.78 is 13.1. The maximum absolute atomic E-state index is 12.0. The molecule has 0 radical (unpaired) electrons. The number of nitrogens with zero attached hydrogens (tertiary/aromatic N) is 3. The Morgan fingerprint density at radius 1 is 1.15 bits per heavy atom. The largest absolute Gasteiger partial charge is 0.496 e. The van der Waals surface area contributed by atoms with Gasteiger partial charge in [-0.1, -0.05) is 29.8 Å². The van der Waals surface area contributed by atoms with Crippen molar-refractivity contribution in [1.82, 2.24) is 14.8 Å². The Hall–Kier alpha value is -3.49. The van der Waals surface area contributed by atoms with Crippen LogP contribution in [0.3, 0.4) is 0 Å². The summed E-state index contributed by atoms with van der Waals surface area (Å²) in [6.07, 6.45) is 1.61. The second-order valence-corrected chi connectivity index (χ2v) is 8.56. The first-order valence-electron chi connectivity index (χ1n) is 9.92. The van der Waals surface area contributed by atoms with Gasteiger partial charge >= 0.3 is 5.97 Å². The lowest BCUT2D eigenvalue weighted by Crippen LogP contribution is -1.99. The third-order valence-electron chi connectivity index (χ3n) is 4.98. The standard InChI is InChI=1S/C24H20ClN3O4S/c1-14-11-16(15(2)28(14)18-7-5-4-6-8-18)12-21(23(29)30)33-24-27-26-22(32-24)19-13-17(25)9-10-20(19)31-3/h4-13H,1-3H3,(H,29,30)/b21-12-. The van der Waals surface area contributed by atoms with Crippen LogP contribution < -0.4 is 4.74 Å². The van der Waals surface area contributed by atoms with Crippen LogP contribution in [-0.4, -0.2) is 33.0 Å². The van der Waals surface area contributed by atoms with Gasteiger partial charge in [-0.2, -0.15) is 0 Å². The smallest absolute Gasteiger partial charge is 0.342 e. The van der Waals surface area contributed by atoms with Crippen molar-refractivity contribution in [3.05, 3.63) is 81.5 Å². The van der Waals surface area contributed by atoms with Crippen LogP contribution in [0, 0.1) is 13.8 Å². The molecule has 0 aliphatic carbocycles. The second-order valence-electron chi connectivity index (χ2n) is 7.13. The molecule has 0 saturated carbocycles. The zero-order chi connectivity index (χ0) is 23.5. The number of halogens is 1. The number of aryl methyl sites for hydroxylation is 1. The molecule has 168 valence electrons. The molecule has 1 N–H and O–H groups in total. The molecule has 0 aliphatic heterocycles. The number of thioether (sulfide) groups is 1. The van der Waals surface area contributed by atoms with Gasteiger partial charge in [0.25, 0.3) is 11.1 Å². The van der Waals surface area contributed by atoms with Gasteiger partial charge in [0.15, 0.2) is 0 Å². The zero-order valence-corrected chi connectivity index (χ0v) is 19.6. The number of aliphatic carboxylic acids is 1. The molecule has 0 bridgehead atoms. The molecule has 33 heavy (non-hydrogen) atoms. The van der Waals surface area contributed by atoms with Gasteiger partial charge in [0.05, 0.1) is 12.7 Å². The fourth-order valence-corrected chi connectivity index (χ4v) is 4.32. The highest BCUT2D eigenvalue weighted by Crippen LogP contribution is 2.35. The van der Waals surface area contributed by atoms with Crippen LogP contribution in [0.2, 0.25) is 5.02 Å². The van der Waals surface area contributed by atoms with E-state index in [9.17, 15) is 9.90 Å². The van der Waals surface area contributed by atoms with Crippen molar-refractivity contribution in [3.8, 4) is 22.9 Å². The van der Waals surface area contributed by atoms with Crippen molar-refractivity contribution in [2.45, 2.75) is 19.1 Å². The van der Waals surface area contributed by atoms with E-state index in [1.54, 1.807) is 24.3 Å². The fraction of sp³-hybridized carbons (Fsp3) is 0.125. The minimum atomic E-state index is -1.09. The quantitative estimate of drug-likeness (QED) is 0.255. The van der Waals surface area contributed by atoms with E-state index in [2.05, 4.69) is 14.8 Å². The van der Waals surface area contributed by atoms with E-state index < -0.39 is 5.97 Å². The molecule has 0 atom stereocenters. The number of benzene rings is 2. The third kappa shape index (κ3) is 4.81. The van der Waals surface area contributed by atoms with Crippen LogP contribution in [0.4, 0.5) is 0 Å². The maximum Gasteiger partial charge on any atom is 0.342 e. The number of methoxy groups -OCH3 is 1. The molecule has 0 aliphatic rings. The van der Waals surface area contributed by atoms with Crippen molar-refractivity contribution < 1.29 is 19.1 Å². The van der Waals surface area contributed by atoms with Crippen molar-refractivity contribution >= 4 is 35.4 Å². The topological polar surface area (TPSA) is 90.4 Å². The van der Waals surface area contributed by atoms with Crippen LogP contribution in [0.1, 0.15) is 17.0 Å². The molecule has 0 amide bonds. The van der Waals surface area contributed by atoms with E-state index in [0.717, 1.165) is 34.4 Å². The molecular formula is C24H20ClN3O4S. The second kappa shape index (κ2) is 9.56. The Morgan fingerprint density at radius 3 is 2.61 bits per heavy atom. The van der Waals surface area contributed by atoms with Gasteiger partial charge < -0.3 is 18.8 Å². The van der Waals surface area contributed by atoms with Gasteiger partial charge in [-0.15, -0.1) is 10.2 Å². The van der Waals surface area contributed by atoms with Gasteiger partial charge in [0, 0.05) is 22.1 Å². The Kier molecular flexibility index (Phi) is 6.57. The van der Waals surface area contributed by atoms with Crippen LogP contribution in [0.25, 0.3) is 23.2 Å². The normalized spacial score (nSPS) is 11.6. The van der Waals surface area contributed by atoms with Crippen LogP contribution in [0.5, 0.6) is 5.75 Å². The zero-order valence-electron chi connectivity index (χ0n) is 18.1. The summed E-state index contributed by atoms with van der Waals surface area (Å²) in [6, 6.07) is 16.9. The minimum absolute atomic E-state index is 0.0524. The van der Waals surface area contributed by atoms with Gasteiger partial charge in [0.1, 0.15) is 10.7 Å². The first-order chi connectivity index (χ1) is 15.9. The Balaban J connectivity index is 1.66. The first kappa shape index (κ1) is 22.7. The Labute approximate surface area is 199 Å². The summed E-state index contributed by atoms with van der Waals surface area (Å²) in [6.45, 7) is 3.93. The number of carboxylic acid groups (broad SMARTS) is 1. The third-order valence-corrected chi connectivity index (χ3v) is 6.06. The van der Waals surface area contributed by atoms with Gasteiger partial charge in [-0.3, -0.25) is 0 Å². The average molecular weight is 482 g/mol. The van der Waals surface area contributed by atoms with Crippen LogP contribution in [-0.2, 0) is 4.79 Å². The minimum Gasteiger partial charge on any atom is -0.496 e. The van der Waals surface area contributed by atoms with Crippen molar-refractivity contribution in [1.29, 1.82) is 0 Å². The predicted molar refractivity (Wildman–Crippen MR) is 128 cm³/mol. The lowest BCUT2D eigenvalue weighted by Gasteiger charge is -2.09. The Bertz CT molecular complexity index is 1350. The lowest BCUT2D eigenvalue weighted by molar-refractivity contribution is -0.131. The summed E-state index contributed by atoms with van der Waals surface area (Å²) in [5.41, 5.74) is 4.24. The van der Waals surface area contributed by atoms with Crippen molar-refractivity contribution in [2.24, 2.45) is 0 Å². The molecule has 4 rings (SSSR count). The monoisotopic (exact) mass is 481 g/mol. The number of para-hydroxylation sites is 1. The maximum atomic E-state index is 12.0. The lowest BCUT2D eigenvalue weighted by atomic mass is 10.2. The van der Waals surface area contributed by atoms with Crippen LogP contribution in [0.15, 0.2) is 69.1 Å². The number of ether oxygens (including phenoxy) is 1. The van der Waals surface area contributed by atoms with E-state index in [0.29, 0.717) is 16.3 Å². The molecule has 0 saturated heterocycles. The highest BCUT2D eigenvalue weighted by molar-refractivity contribution is 8.03. The van der Waals surface area contributed by atoms with Gasteiger partial charge in [0.2, 0.25) is 0 Å². The number of aromatic nitrogens is 3. The number of hydrogen-bond acceptors (Lipinski definition) is 6. The van der Waals surface area contributed by atoms with E-state index in [4.69, 9.17) is 20.8 Å². The molecule has 4 aromatic rings. The molecule has 2 aromatic heterocycles. The first-order valence-corrected chi connectivity index (χ1v) is 11.1. The molecule has 0 spiro atoms. The molecule has 0 fully saturated rings. The summed E-state index contributed by atoms with van der Waals surface area (Å²) in [5, 5.41) is 18.4. The predicted octanol–water partition coefficient (Wildman–Crippen LogP) is 6.02. The summed E-state index contributed by atoms with van der Waals surface area (Å²) in [5.74, 6) is -0.393. The number of carboxylic acids is 1. The SMILES string of the molecule is COc1ccc(Cl)cc1-c1nnc(S/C(=C\c2cc(C)n(-c3ccccc3)c2C)C(=O)O)o1. The number of carbonyl (C=O) groups is 1. The van der Waals surface area contributed by atoms with E-state index in [1.165, 1.54) is 7.11 Å². The highest BCUT2D eigenvalue weighted by Gasteiger charge is 2.19. The number of hydrogen-bond donors (Lipinski definition) is 1. The highest BCUT2D eigenvalue weighted by atomic mass is 35.5. The Morgan fingerprint density at radius 2 is 1.91 bits per heavy atom. The number of rotatable bonds is 7.